The highest BCUT2D eigenvalue weighted by atomic mass is 32.2. The molecule has 0 unspecified atom stereocenters. The van der Waals surface area contributed by atoms with Crippen molar-refractivity contribution in [3.05, 3.63) is 74.2 Å². The number of carbonyl (C=O) groups excluding carboxylic acids is 4. The van der Waals surface area contributed by atoms with E-state index in [0.29, 0.717) is 0 Å². The van der Waals surface area contributed by atoms with Crippen LogP contribution in [0.25, 0.3) is 6.08 Å². The highest BCUT2D eigenvalue weighted by molar-refractivity contribution is 8.18. The molecule has 176 valence electrons. The molecule has 0 bridgehead atoms. The highest BCUT2D eigenvalue weighted by Crippen LogP contribution is 2.32. The standard InChI is InChI=1S/C22H19N3O7S2/c1-32-21(28)15-10-14(11-16(12-15)25(30)31)19(26)23-7-8-24-20(27)18(34-22(24)29)9-13-3-5-17(33-2)6-4-13/h3-6,9-12H,7-8H2,1-2H3,(H,23,26)/b18-9+. The van der Waals surface area contributed by atoms with Gasteiger partial charge >= 0.3 is 5.97 Å². The monoisotopic (exact) mass is 501 g/mol. The first-order chi connectivity index (χ1) is 16.2. The van der Waals surface area contributed by atoms with Gasteiger partial charge in [-0.1, -0.05) is 12.1 Å². The van der Waals surface area contributed by atoms with Crippen molar-refractivity contribution in [2.45, 2.75) is 4.90 Å². The molecular formula is C22H19N3O7S2. The number of rotatable bonds is 8. The Balaban J connectivity index is 1.65. The van der Waals surface area contributed by atoms with Gasteiger partial charge in [0.1, 0.15) is 0 Å². The molecule has 0 saturated carbocycles. The van der Waals surface area contributed by atoms with Crippen molar-refractivity contribution in [1.29, 1.82) is 0 Å². The summed E-state index contributed by atoms with van der Waals surface area (Å²) < 4.78 is 4.56. The van der Waals surface area contributed by atoms with E-state index in [-0.39, 0.29) is 29.1 Å². The molecule has 3 amide bonds. The predicted octanol–water partition coefficient (Wildman–Crippen LogP) is 3.57. The molecule has 2 aromatic rings. The third-order valence-electron chi connectivity index (χ3n) is 4.72. The lowest BCUT2D eigenvalue weighted by atomic mass is 10.1. The molecule has 0 atom stereocenters. The van der Waals surface area contributed by atoms with E-state index in [0.717, 1.165) is 46.4 Å². The normalized spacial score (nSPS) is 14.4. The fraction of sp³-hybridized carbons (Fsp3) is 0.182. The number of hydrogen-bond acceptors (Lipinski definition) is 9. The Morgan fingerprint density at radius 1 is 1.18 bits per heavy atom. The number of nitrogens with one attached hydrogen (secondary N) is 1. The number of carbonyl (C=O) groups is 4. The highest BCUT2D eigenvalue weighted by Gasteiger charge is 2.34. The number of ether oxygens (including phenoxy) is 1. The van der Waals surface area contributed by atoms with Gasteiger partial charge in [-0.05, 0) is 47.9 Å². The van der Waals surface area contributed by atoms with Crippen LogP contribution < -0.4 is 5.32 Å². The van der Waals surface area contributed by atoms with Crippen LogP contribution in [0.4, 0.5) is 10.5 Å². The molecule has 1 N–H and O–H groups in total. The fourth-order valence-corrected chi connectivity index (χ4v) is 4.28. The number of amides is 3. The third kappa shape index (κ3) is 5.83. The number of nitrogens with zero attached hydrogens (tertiary/aromatic N) is 2. The summed E-state index contributed by atoms with van der Waals surface area (Å²) in [7, 11) is 1.12. The first-order valence-corrected chi connectivity index (χ1v) is 11.8. The molecule has 1 fully saturated rings. The molecule has 12 heteroatoms. The van der Waals surface area contributed by atoms with Crippen LogP contribution in [0.2, 0.25) is 0 Å². The van der Waals surface area contributed by atoms with Crippen molar-refractivity contribution in [2.24, 2.45) is 0 Å². The van der Waals surface area contributed by atoms with E-state index in [1.54, 1.807) is 17.8 Å². The lowest BCUT2D eigenvalue weighted by molar-refractivity contribution is -0.384. The second-order valence-corrected chi connectivity index (χ2v) is 8.75. The number of hydrogen-bond donors (Lipinski definition) is 1. The maximum absolute atomic E-state index is 12.6. The minimum Gasteiger partial charge on any atom is -0.465 e. The van der Waals surface area contributed by atoms with Gasteiger partial charge in [0, 0.05) is 35.7 Å². The Morgan fingerprint density at radius 2 is 1.85 bits per heavy atom. The minimum atomic E-state index is -0.828. The van der Waals surface area contributed by atoms with E-state index in [2.05, 4.69) is 10.1 Å². The summed E-state index contributed by atoms with van der Waals surface area (Å²) in [4.78, 5) is 61.9. The maximum atomic E-state index is 12.6. The zero-order chi connectivity index (χ0) is 24.8. The van der Waals surface area contributed by atoms with E-state index in [4.69, 9.17) is 0 Å². The molecule has 1 saturated heterocycles. The number of thioether (sulfide) groups is 2. The topological polar surface area (TPSA) is 136 Å². The lowest BCUT2D eigenvalue weighted by Gasteiger charge is -2.13. The predicted molar refractivity (Wildman–Crippen MR) is 128 cm³/mol. The van der Waals surface area contributed by atoms with Gasteiger partial charge in [0.05, 0.1) is 22.5 Å². The van der Waals surface area contributed by atoms with Crippen LogP contribution >= 0.6 is 23.5 Å². The van der Waals surface area contributed by atoms with Crippen LogP contribution in [0.3, 0.4) is 0 Å². The van der Waals surface area contributed by atoms with E-state index >= 15 is 0 Å². The van der Waals surface area contributed by atoms with E-state index < -0.39 is 33.6 Å². The molecule has 2 aromatic carbocycles. The molecule has 0 spiro atoms. The smallest absolute Gasteiger partial charge is 0.338 e. The lowest BCUT2D eigenvalue weighted by Crippen LogP contribution is -2.37. The number of benzene rings is 2. The van der Waals surface area contributed by atoms with Crippen LogP contribution in [0.15, 0.2) is 52.3 Å². The molecule has 34 heavy (non-hydrogen) atoms. The number of nitro benzene ring substituents is 1. The maximum Gasteiger partial charge on any atom is 0.338 e. The summed E-state index contributed by atoms with van der Waals surface area (Å²) >= 11 is 2.40. The number of esters is 1. The van der Waals surface area contributed by atoms with Crippen LogP contribution in [0.5, 0.6) is 0 Å². The second kappa shape index (κ2) is 11.0. The molecule has 1 aliphatic rings. The Kier molecular flexibility index (Phi) is 8.08. The molecule has 1 heterocycles. The van der Waals surface area contributed by atoms with Gasteiger partial charge in [-0.2, -0.15) is 0 Å². The van der Waals surface area contributed by atoms with E-state index in [1.807, 2.05) is 30.5 Å². The van der Waals surface area contributed by atoms with Gasteiger partial charge in [-0.15, -0.1) is 11.8 Å². The second-order valence-electron chi connectivity index (χ2n) is 6.88. The molecule has 1 aliphatic heterocycles. The minimum absolute atomic E-state index is 0.0805. The van der Waals surface area contributed by atoms with Crippen molar-refractivity contribution >= 4 is 58.3 Å². The Morgan fingerprint density at radius 3 is 2.47 bits per heavy atom. The molecule has 0 aromatic heterocycles. The van der Waals surface area contributed by atoms with Gasteiger partial charge in [-0.3, -0.25) is 29.4 Å². The quantitative estimate of drug-likeness (QED) is 0.189. The molecule has 3 rings (SSSR count). The largest absolute Gasteiger partial charge is 0.465 e. The first-order valence-electron chi connectivity index (χ1n) is 9.79. The van der Waals surface area contributed by atoms with Gasteiger partial charge in [-0.25, -0.2) is 4.79 Å². The summed E-state index contributed by atoms with van der Waals surface area (Å²) in [6, 6.07) is 10.7. The zero-order valence-corrected chi connectivity index (χ0v) is 19.7. The van der Waals surface area contributed by atoms with Crippen molar-refractivity contribution in [3.8, 4) is 0 Å². The Bertz CT molecular complexity index is 1200. The summed E-state index contributed by atoms with van der Waals surface area (Å²) in [5.41, 5.74) is 0.0548. The average Bonchev–Trinajstić information content (AvgIpc) is 3.10. The van der Waals surface area contributed by atoms with Crippen LogP contribution in [0.1, 0.15) is 26.3 Å². The molecule has 0 aliphatic carbocycles. The molecular weight excluding hydrogens is 482 g/mol. The number of non-ortho nitro benzene ring substituents is 1. The Labute approximate surface area is 202 Å². The van der Waals surface area contributed by atoms with Gasteiger partial charge in [0.2, 0.25) is 0 Å². The summed E-state index contributed by atoms with van der Waals surface area (Å²) in [6.07, 6.45) is 3.58. The average molecular weight is 502 g/mol. The molecule has 10 nitrogen and oxygen atoms in total. The Hall–Kier alpha value is -3.64. The summed E-state index contributed by atoms with van der Waals surface area (Å²) in [6.45, 7) is -0.166. The molecule has 0 radical (unpaired) electrons. The van der Waals surface area contributed by atoms with Gasteiger partial charge in [0.15, 0.2) is 0 Å². The zero-order valence-electron chi connectivity index (χ0n) is 18.1. The van der Waals surface area contributed by atoms with Gasteiger partial charge < -0.3 is 10.1 Å². The summed E-state index contributed by atoms with van der Waals surface area (Å²) in [5, 5.41) is 13.2. The number of imide groups is 1. The number of nitro groups is 1. The third-order valence-corrected chi connectivity index (χ3v) is 6.37. The van der Waals surface area contributed by atoms with Crippen LogP contribution in [-0.2, 0) is 9.53 Å². The first kappa shape index (κ1) is 25.0. The van der Waals surface area contributed by atoms with Crippen LogP contribution in [0, 0.1) is 10.1 Å². The summed E-state index contributed by atoms with van der Waals surface area (Å²) in [5.74, 6) is -2.00. The van der Waals surface area contributed by atoms with Gasteiger partial charge in [0.25, 0.3) is 22.7 Å². The SMILES string of the molecule is COC(=O)c1cc(C(=O)NCCN2C(=O)S/C(=C/c3ccc(SC)cc3)C2=O)cc([N+](=O)[O-])c1. The van der Waals surface area contributed by atoms with E-state index in [1.165, 1.54) is 6.07 Å². The van der Waals surface area contributed by atoms with Crippen molar-refractivity contribution < 1.29 is 28.8 Å². The number of methoxy groups -OCH3 is 1. The van der Waals surface area contributed by atoms with Crippen LogP contribution in [-0.4, -0.2) is 59.3 Å². The van der Waals surface area contributed by atoms with Crippen molar-refractivity contribution in [2.75, 3.05) is 26.5 Å². The van der Waals surface area contributed by atoms with Crippen molar-refractivity contribution in [1.82, 2.24) is 10.2 Å². The fourth-order valence-electron chi connectivity index (χ4n) is 3.01. The van der Waals surface area contributed by atoms with E-state index in [9.17, 15) is 29.3 Å². The van der Waals surface area contributed by atoms with Crippen molar-refractivity contribution in [3.63, 3.8) is 0 Å².